The lowest BCUT2D eigenvalue weighted by atomic mass is 9.94. The first kappa shape index (κ1) is 27.9. The average Bonchev–Trinajstić information content (AvgIpc) is 3.11. The molecule has 6 atom stereocenters. The third kappa shape index (κ3) is 5.94. The summed E-state index contributed by atoms with van der Waals surface area (Å²) < 4.78 is 36.1. The van der Waals surface area contributed by atoms with Gasteiger partial charge in [-0.1, -0.05) is 30.7 Å². The van der Waals surface area contributed by atoms with Gasteiger partial charge in [0.2, 0.25) is 0 Å². The van der Waals surface area contributed by atoms with Gasteiger partial charge in [-0.05, 0) is 38.3 Å². The minimum Gasteiger partial charge on any atom is -0.461 e. The van der Waals surface area contributed by atoms with Crippen LogP contribution in [0.1, 0.15) is 26.2 Å². The Bertz CT molecular complexity index is 1180. The van der Waals surface area contributed by atoms with Gasteiger partial charge in [-0.25, -0.2) is 4.57 Å². The average molecular weight is 548 g/mol. The number of ether oxygens (including phenoxy) is 2. The van der Waals surface area contributed by atoms with Gasteiger partial charge >= 0.3 is 13.7 Å². The molecular weight excluding hydrogens is 517 g/mol. The third-order valence-corrected chi connectivity index (χ3v) is 7.99. The van der Waals surface area contributed by atoms with E-state index in [0.29, 0.717) is 0 Å². The molecule has 1 aliphatic carbocycles. The van der Waals surface area contributed by atoms with Crippen LogP contribution >= 0.6 is 7.75 Å². The fourth-order valence-electron chi connectivity index (χ4n) is 3.97. The maximum atomic E-state index is 13.7. The molecule has 1 aromatic carbocycles. The van der Waals surface area contributed by atoms with Crippen LogP contribution in [0, 0.1) is 12.3 Å². The lowest BCUT2D eigenvalue weighted by Gasteiger charge is -2.36. The predicted molar refractivity (Wildman–Crippen MR) is 134 cm³/mol. The van der Waals surface area contributed by atoms with Crippen LogP contribution in [0.25, 0.3) is 0 Å². The van der Waals surface area contributed by atoms with E-state index < -0.39 is 56.3 Å². The van der Waals surface area contributed by atoms with Crippen LogP contribution in [0.4, 0.5) is 0 Å². The summed E-state index contributed by atoms with van der Waals surface area (Å²) in [5.41, 5.74) is -2.25. The summed E-state index contributed by atoms with van der Waals surface area (Å²) in [5, 5.41) is 26.9. The van der Waals surface area contributed by atoms with Crippen molar-refractivity contribution in [2.45, 2.75) is 62.4 Å². The van der Waals surface area contributed by atoms with Gasteiger partial charge in [-0.3, -0.25) is 14.1 Å². The smallest absolute Gasteiger partial charge is 0.459 e. The molecule has 12 nitrogen and oxygen atoms in total. The van der Waals surface area contributed by atoms with Gasteiger partial charge < -0.3 is 34.4 Å². The van der Waals surface area contributed by atoms with Crippen molar-refractivity contribution in [3.8, 4) is 18.1 Å². The van der Waals surface area contributed by atoms with E-state index in [-0.39, 0.29) is 17.7 Å². The second-order valence-electron chi connectivity index (χ2n) is 9.14. The summed E-state index contributed by atoms with van der Waals surface area (Å²) in [4.78, 5) is 25.3. The first-order valence-corrected chi connectivity index (χ1v) is 13.6. The van der Waals surface area contributed by atoms with Crippen molar-refractivity contribution in [3.05, 3.63) is 55.0 Å². The summed E-state index contributed by atoms with van der Waals surface area (Å²) in [6.07, 6.45) is 6.00. The van der Waals surface area contributed by atoms with Gasteiger partial charge in [0.25, 0.3) is 5.91 Å². The molecule has 4 N–H and O–H groups in total. The van der Waals surface area contributed by atoms with E-state index in [2.05, 4.69) is 22.9 Å². The van der Waals surface area contributed by atoms with E-state index in [9.17, 15) is 24.4 Å². The number of hydrogen-bond acceptors (Lipinski definition) is 10. The van der Waals surface area contributed by atoms with Crippen molar-refractivity contribution < 1.29 is 42.9 Å². The molecule has 0 aromatic heterocycles. The number of benzene rings is 1. The van der Waals surface area contributed by atoms with Crippen LogP contribution in [0.5, 0.6) is 5.75 Å². The molecule has 1 amide bonds. The Labute approximate surface area is 220 Å². The Morgan fingerprint density at radius 3 is 2.74 bits per heavy atom. The normalized spacial score (nSPS) is 29.5. The zero-order valence-corrected chi connectivity index (χ0v) is 21.6. The van der Waals surface area contributed by atoms with Crippen molar-refractivity contribution in [3.63, 3.8) is 0 Å². The van der Waals surface area contributed by atoms with Gasteiger partial charge in [-0.15, -0.1) is 6.42 Å². The number of rotatable bonds is 10. The lowest BCUT2D eigenvalue weighted by molar-refractivity contribution is -0.154. The highest BCUT2D eigenvalue weighted by atomic mass is 31.2. The molecule has 1 saturated carbocycles. The molecule has 3 aliphatic rings. The molecule has 0 spiro atoms. The summed E-state index contributed by atoms with van der Waals surface area (Å²) >= 11 is 0. The Morgan fingerprint density at radius 1 is 1.42 bits per heavy atom. The Morgan fingerprint density at radius 2 is 2.13 bits per heavy atom. The zero-order chi connectivity index (χ0) is 27.5. The number of nitrogens with zero attached hydrogens (tertiary/aromatic N) is 1. The van der Waals surface area contributed by atoms with E-state index in [1.54, 1.807) is 30.3 Å². The minimum atomic E-state index is -4.26. The fraction of sp³-hybridized carbons (Fsp3) is 0.440. The van der Waals surface area contributed by atoms with E-state index in [1.807, 2.05) is 0 Å². The molecule has 4 rings (SSSR count). The molecule has 13 heteroatoms. The summed E-state index contributed by atoms with van der Waals surface area (Å²) in [5.74, 6) is 1.32. The van der Waals surface area contributed by atoms with Crippen molar-refractivity contribution in [1.29, 1.82) is 0 Å². The number of aliphatic hydroxyl groups excluding tert-OH is 1. The van der Waals surface area contributed by atoms with E-state index in [4.69, 9.17) is 24.9 Å². The Kier molecular flexibility index (Phi) is 8.28. The SMILES string of the molecule is C#C[C@@]1(O)[C@H](O)[C@@H](COP(=O)(N[C@@H](C)C(=O)OC2CCC2)Oc2ccccc2)O[C@H]1N1C=CC(=O)NC1=C. The largest absolute Gasteiger partial charge is 0.461 e. The first-order valence-electron chi connectivity index (χ1n) is 12.0. The molecule has 204 valence electrons. The van der Waals surface area contributed by atoms with Crippen LogP contribution in [-0.4, -0.2) is 69.8 Å². The summed E-state index contributed by atoms with van der Waals surface area (Å²) in [6, 6.07) is 7.09. The molecule has 1 unspecified atom stereocenters. The number of para-hydroxylation sites is 1. The van der Waals surface area contributed by atoms with E-state index in [1.165, 1.54) is 24.1 Å². The molecule has 2 fully saturated rings. The molecule has 2 heterocycles. The fourth-order valence-corrected chi connectivity index (χ4v) is 5.47. The molecule has 1 aromatic rings. The number of aliphatic hydroxyl groups is 2. The standard InChI is InChI=1S/C25H30N3O9P/c1-4-25(32)22(30)20(36-24(25)28-14-13-21(29)26-17(28)3)15-34-38(33,37-19-9-6-5-7-10-19)27-16(2)23(31)35-18-11-8-12-18/h1,5-7,9-10,13-14,16,18,20,22,24,30,32H,3,8,11-12,15H2,2H3,(H,26,29)(H,27,33)/t16-,20+,22+,24+,25+,38?/m0/s1. The molecule has 38 heavy (non-hydrogen) atoms. The molecule has 1 saturated heterocycles. The second-order valence-corrected chi connectivity index (χ2v) is 10.8. The van der Waals surface area contributed by atoms with Gasteiger partial charge in [0.05, 0.1) is 6.61 Å². The monoisotopic (exact) mass is 547 g/mol. The van der Waals surface area contributed by atoms with Crippen molar-refractivity contribution >= 4 is 19.6 Å². The van der Waals surface area contributed by atoms with E-state index in [0.717, 1.165) is 19.3 Å². The van der Waals surface area contributed by atoms with Crippen LogP contribution in [-0.2, 0) is 28.2 Å². The summed E-state index contributed by atoms with van der Waals surface area (Å²) in [7, 11) is -4.26. The quantitative estimate of drug-likeness (QED) is 0.189. The van der Waals surface area contributed by atoms with E-state index >= 15 is 0 Å². The number of esters is 1. The number of amides is 1. The summed E-state index contributed by atoms with van der Waals surface area (Å²) in [6.45, 7) is 4.61. The zero-order valence-electron chi connectivity index (χ0n) is 20.7. The van der Waals surface area contributed by atoms with Crippen LogP contribution < -0.4 is 14.9 Å². The van der Waals surface area contributed by atoms with Gasteiger partial charge in [0.15, 0.2) is 11.8 Å². The molecule has 2 aliphatic heterocycles. The van der Waals surface area contributed by atoms with Crippen molar-refractivity contribution in [1.82, 2.24) is 15.3 Å². The first-order chi connectivity index (χ1) is 18.0. The highest BCUT2D eigenvalue weighted by Crippen LogP contribution is 2.46. The number of hydrogen-bond donors (Lipinski definition) is 4. The number of carbonyl (C=O) groups is 2. The highest BCUT2D eigenvalue weighted by Gasteiger charge is 2.57. The van der Waals surface area contributed by atoms with Crippen LogP contribution in [0.3, 0.4) is 0 Å². The molecule has 0 radical (unpaired) electrons. The van der Waals surface area contributed by atoms with Crippen molar-refractivity contribution in [2.75, 3.05) is 6.61 Å². The highest BCUT2D eigenvalue weighted by molar-refractivity contribution is 7.52. The van der Waals surface area contributed by atoms with Crippen molar-refractivity contribution in [2.24, 2.45) is 0 Å². The topological polar surface area (TPSA) is 156 Å². The number of carbonyl (C=O) groups excluding carboxylic acids is 2. The Balaban J connectivity index is 1.49. The second kappa shape index (κ2) is 11.3. The number of nitrogens with one attached hydrogen (secondary N) is 2. The minimum absolute atomic E-state index is 0.0588. The van der Waals surface area contributed by atoms with Gasteiger partial charge in [-0.2, -0.15) is 5.09 Å². The molecule has 0 bridgehead atoms. The third-order valence-electron chi connectivity index (χ3n) is 6.35. The Hall–Kier alpha value is -3.17. The van der Waals surface area contributed by atoms with Crippen LogP contribution in [0.2, 0.25) is 0 Å². The number of terminal acetylenes is 1. The van der Waals surface area contributed by atoms with Gasteiger partial charge in [0.1, 0.15) is 35.9 Å². The van der Waals surface area contributed by atoms with Gasteiger partial charge in [0, 0.05) is 12.3 Å². The molecular formula is C25H30N3O9P. The van der Waals surface area contributed by atoms with Crippen LogP contribution in [0.15, 0.2) is 55.0 Å². The lowest BCUT2D eigenvalue weighted by Crippen LogP contribution is -2.54. The maximum absolute atomic E-state index is 13.7. The maximum Gasteiger partial charge on any atom is 0.459 e. The predicted octanol–water partition coefficient (Wildman–Crippen LogP) is 1.13.